The highest BCUT2D eigenvalue weighted by Crippen LogP contribution is 2.22. The zero-order valence-electron chi connectivity index (χ0n) is 8.83. The van der Waals surface area contributed by atoms with Crippen LogP contribution in [0.1, 0.15) is 34.1 Å². The van der Waals surface area contributed by atoms with Gasteiger partial charge >= 0.3 is 6.18 Å². The molecule has 0 bridgehead atoms. The minimum Gasteiger partial charge on any atom is -0.353 e. The quantitative estimate of drug-likeness (QED) is 0.747. The smallest absolute Gasteiger partial charge is 0.353 e. The van der Waals surface area contributed by atoms with E-state index in [1.165, 1.54) is 6.92 Å². The lowest BCUT2D eigenvalue weighted by atomic mass is 9.95. The van der Waals surface area contributed by atoms with E-state index < -0.39 is 24.1 Å². The fraction of sp³-hybridized carbons (Fsp3) is 0.889. The number of amides is 1. The van der Waals surface area contributed by atoms with Gasteiger partial charge in [0, 0.05) is 11.5 Å². The maximum Gasteiger partial charge on any atom is 0.391 e. The molecule has 2 nitrogen and oxygen atoms in total. The van der Waals surface area contributed by atoms with E-state index in [9.17, 15) is 18.0 Å². The van der Waals surface area contributed by atoms with Gasteiger partial charge in [0.15, 0.2) is 0 Å². The molecule has 0 aliphatic rings. The summed E-state index contributed by atoms with van der Waals surface area (Å²) in [7, 11) is 0. The summed E-state index contributed by atoms with van der Waals surface area (Å²) < 4.78 is 35.7. The molecule has 0 aromatic heterocycles. The number of nitrogens with one attached hydrogen (secondary N) is 1. The number of hydrogen-bond donors (Lipinski definition) is 1. The summed E-state index contributed by atoms with van der Waals surface area (Å²) in [5.74, 6) is -0.366. The lowest BCUT2D eigenvalue weighted by molar-refractivity contribution is -0.143. The molecule has 0 spiro atoms. The van der Waals surface area contributed by atoms with Crippen LogP contribution in [0, 0.1) is 5.41 Å². The van der Waals surface area contributed by atoms with E-state index in [1.807, 2.05) is 0 Å². The monoisotopic (exact) mass is 211 g/mol. The molecule has 0 aromatic carbocycles. The standard InChI is InChI=1S/C9H16F3NO/c1-6(5-9(10,11)12)13-7(14)8(2,3)4/h6H,5H2,1-4H3,(H,13,14). The van der Waals surface area contributed by atoms with Crippen molar-refractivity contribution in [2.75, 3.05) is 0 Å². The van der Waals surface area contributed by atoms with Crippen LogP contribution >= 0.6 is 0 Å². The van der Waals surface area contributed by atoms with E-state index >= 15 is 0 Å². The van der Waals surface area contributed by atoms with Gasteiger partial charge in [0.25, 0.3) is 0 Å². The van der Waals surface area contributed by atoms with Crippen molar-refractivity contribution in [3.63, 3.8) is 0 Å². The normalized spacial score (nSPS) is 15.1. The predicted octanol–water partition coefficient (Wildman–Crippen LogP) is 2.49. The van der Waals surface area contributed by atoms with Crippen molar-refractivity contribution < 1.29 is 18.0 Å². The number of carbonyl (C=O) groups excluding carboxylic acids is 1. The van der Waals surface area contributed by atoms with Crippen molar-refractivity contribution in [2.24, 2.45) is 5.41 Å². The second-order valence-electron chi connectivity index (χ2n) is 4.44. The summed E-state index contributed by atoms with van der Waals surface area (Å²) in [5.41, 5.74) is -0.653. The van der Waals surface area contributed by atoms with Crippen LogP contribution in [0.25, 0.3) is 0 Å². The van der Waals surface area contributed by atoms with Crippen LogP contribution in [0.4, 0.5) is 13.2 Å². The highest BCUT2D eigenvalue weighted by atomic mass is 19.4. The lowest BCUT2D eigenvalue weighted by Crippen LogP contribution is -2.42. The van der Waals surface area contributed by atoms with Crippen molar-refractivity contribution >= 4 is 5.91 Å². The Balaban J connectivity index is 4.09. The first-order valence-corrected chi connectivity index (χ1v) is 4.40. The van der Waals surface area contributed by atoms with Gasteiger partial charge < -0.3 is 5.32 Å². The third-order valence-corrected chi connectivity index (χ3v) is 1.60. The van der Waals surface area contributed by atoms with Crippen molar-refractivity contribution in [1.82, 2.24) is 5.32 Å². The molecule has 1 unspecified atom stereocenters. The van der Waals surface area contributed by atoms with Gasteiger partial charge in [0.05, 0.1) is 6.42 Å². The van der Waals surface area contributed by atoms with E-state index in [-0.39, 0.29) is 5.91 Å². The van der Waals surface area contributed by atoms with Gasteiger partial charge in [-0.3, -0.25) is 4.79 Å². The Hall–Kier alpha value is -0.740. The molecule has 1 atom stereocenters. The Labute approximate surface area is 81.9 Å². The zero-order valence-corrected chi connectivity index (χ0v) is 8.83. The van der Waals surface area contributed by atoms with Gasteiger partial charge in [-0.05, 0) is 6.92 Å². The van der Waals surface area contributed by atoms with Crippen molar-refractivity contribution in [3.8, 4) is 0 Å². The fourth-order valence-electron chi connectivity index (χ4n) is 0.839. The van der Waals surface area contributed by atoms with Crippen LogP contribution in [0.3, 0.4) is 0 Å². The van der Waals surface area contributed by atoms with Gasteiger partial charge in [-0.1, -0.05) is 20.8 Å². The van der Waals surface area contributed by atoms with Gasteiger partial charge in [-0.25, -0.2) is 0 Å². The van der Waals surface area contributed by atoms with Gasteiger partial charge in [0.1, 0.15) is 0 Å². The molecular weight excluding hydrogens is 195 g/mol. The van der Waals surface area contributed by atoms with Crippen LogP contribution in [-0.2, 0) is 4.79 Å². The summed E-state index contributed by atoms with van der Waals surface area (Å²) in [4.78, 5) is 11.3. The third kappa shape index (κ3) is 5.83. The van der Waals surface area contributed by atoms with Gasteiger partial charge in [-0.15, -0.1) is 0 Å². The molecule has 84 valence electrons. The molecule has 1 amide bonds. The van der Waals surface area contributed by atoms with E-state index in [1.54, 1.807) is 20.8 Å². The third-order valence-electron chi connectivity index (χ3n) is 1.60. The molecule has 14 heavy (non-hydrogen) atoms. The average Bonchev–Trinajstić information content (AvgIpc) is 1.79. The molecule has 0 heterocycles. The van der Waals surface area contributed by atoms with Crippen molar-refractivity contribution in [2.45, 2.75) is 46.3 Å². The molecule has 0 radical (unpaired) electrons. The number of carbonyl (C=O) groups is 1. The average molecular weight is 211 g/mol. The Morgan fingerprint density at radius 2 is 1.71 bits per heavy atom. The molecule has 0 aliphatic carbocycles. The Kier molecular flexibility index (Phi) is 3.97. The fourth-order valence-corrected chi connectivity index (χ4v) is 0.839. The topological polar surface area (TPSA) is 29.1 Å². The van der Waals surface area contributed by atoms with Crippen molar-refractivity contribution in [3.05, 3.63) is 0 Å². The summed E-state index contributed by atoms with van der Waals surface area (Å²) in [6.45, 7) is 6.31. The summed E-state index contributed by atoms with van der Waals surface area (Å²) in [5, 5.41) is 2.32. The molecule has 0 saturated heterocycles. The Morgan fingerprint density at radius 3 is 2.00 bits per heavy atom. The largest absolute Gasteiger partial charge is 0.391 e. The van der Waals surface area contributed by atoms with E-state index in [4.69, 9.17) is 0 Å². The number of hydrogen-bond acceptors (Lipinski definition) is 1. The first kappa shape index (κ1) is 13.3. The van der Waals surface area contributed by atoms with Crippen LogP contribution in [-0.4, -0.2) is 18.1 Å². The lowest BCUT2D eigenvalue weighted by Gasteiger charge is -2.22. The summed E-state index contributed by atoms with van der Waals surface area (Å²) in [6, 6.07) is -0.873. The maximum absolute atomic E-state index is 11.9. The van der Waals surface area contributed by atoms with Crippen LogP contribution < -0.4 is 5.32 Å². The molecule has 0 fully saturated rings. The molecule has 0 aromatic rings. The van der Waals surface area contributed by atoms with Crippen LogP contribution in [0.15, 0.2) is 0 Å². The Morgan fingerprint density at radius 1 is 1.29 bits per heavy atom. The first-order valence-electron chi connectivity index (χ1n) is 4.40. The summed E-state index contributed by atoms with van der Waals surface area (Å²) >= 11 is 0. The maximum atomic E-state index is 11.9. The molecular formula is C9H16F3NO. The summed E-state index contributed by atoms with van der Waals surface area (Å²) in [6.07, 6.45) is -5.22. The van der Waals surface area contributed by atoms with Gasteiger partial charge in [-0.2, -0.15) is 13.2 Å². The number of halogens is 3. The number of rotatable bonds is 2. The second kappa shape index (κ2) is 4.19. The first-order chi connectivity index (χ1) is 6.02. The minimum absolute atomic E-state index is 0.366. The van der Waals surface area contributed by atoms with Crippen LogP contribution in [0.5, 0.6) is 0 Å². The predicted molar refractivity (Wildman–Crippen MR) is 47.7 cm³/mol. The van der Waals surface area contributed by atoms with E-state index in [0.29, 0.717) is 0 Å². The van der Waals surface area contributed by atoms with Gasteiger partial charge in [0.2, 0.25) is 5.91 Å². The molecule has 0 saturated carbocycles. The van der Waals surface area contributed by atoms with Crippen molar-refractivity contribution in [1.29, 1.82) is 0 Å². The highest BCUT2D eigenvalue weighted by Gasteiger charge is 2.32. The molecule has 1 N–H and O–H groups in total. The molecule has 0 rings (SSSR count). The molecule has 0 aliphatic heterocycles. The molecule has 5 heteroatoms. The van der Waals surface area contributed by atoms with Crippen LogP contribution in [0.2, 0.25) is 0 Å². The van der Waals surface area contributed by atoms with E-state index in [2.05, 4.69) is 5.32 Å². The zero-order chi connectivity index (χ0) is 11.6. The SMILES string of the molecule is CC(CC(F)(F)F)NC(=O)C(C)(C)C. The second-order valence-corrected chi connectivity index (χ2v) is 4.44. The van der Waals surface area contributed by atoms with E-state index in [0.717, 1.165) is 0 Å². The highest BCUT2D eigenvalue weighted by molar-refractivity contribution is 5.81. The number of alkyl halides is 3. The minimum atomic E-state index is -4.23. The Bertz CT molecular complexity index is 205.